The van der Waals surface area contributed by atoms with Crippen molar-refractivity contribution in [1.29, 1.82) is 0 Å². The molecule has 0 aromatic heterocycles. The van der Waals surface area contributed by atoms with Crippen LogP contribution in [0.25, 0.3) is 0 Å². The standard InChI is InChI=1S/C4H10N2S/c1-2-3-4-6-7-5/h4H,2-3,5H2,1H3. The maximum Gasteiger partial charge on any atom is 0.0552 e. The van der Waals surface area contributed by atoms with Gasteiger partial charge in [0, 0.05) is 6.21 Å². The van der Waals surface area contributed by atoms with Gasteiger partial charge in [-0.25, -0.2) is 4.40 Å². The molecule has 2 nitrogen and oxygen atoms in total. The third-order valence-electron chi connectivity index (χ3n) is 0.553. The molecule has 3 heteroatoms. The molecule has 0 aromatic rings. The van der Waals surface area contributed by atoms with Crippen molar-refractivity contribution in [3.8, 4) is 0 Å². The van der Waals surface area contributed by atoms with Gasteiger partial charge in [0.1, 0.15) is 0 Å². The van der Waals surface area contributed by atoms with E-state index in [1.165, 1.54) is 0 Å². The van der Waals surface area contributed by atoms with Crippen molar-refractivity contribution in [3.05, 3.63) is 0 Å². The summed E-state index contributed by atoms with van der Waals surface area (Å²) < 4.78 is 3.73. The smallest absolute Gasteiger partial charge is 0.0552 e. The monoisotopic (exact) mass is 118 g/mol. The topological polar surface area (TPSA) is 38.4 Å². The van der Waals surface area contributed by atoms with Gasteiger partial charge in [-0.15, -0.1) is 0 Å². The number of hydrogen-bond donors (Lipinski definition) is 1. The SMILES string of the molecule is CCCC=NSN. The van der Waals surface area contributed by atoms with Crippen LogP contribution >= 0.6 is 12.1 Å². The van der Waals surface area contributed by atoms with E-state index in [2.05, 4.69) is 11.3 Å². The Kier molecular flexibility index (Phi) is 5.96. The maximum absolute atomic E-state index is 4.99. The Bertz CT molecular complexity index is 53.7. The van der Waals surface area contributed by atoms with Gasteiger partial charge in [-0.3, -0.25) is 5.14 Å². The molecule has 0 heterocycles. The third kappa shape index (κ3) is 5.98. The highest BCUT2D eigenvalue weighted by molar-refractivity contribution is 7.95. The van der Waals surface area contributed by atoms with Gasteiger partial charge in [0.25, 0.3) is 0 Å². The van der Waals surface area contributed by atoms with Crippen molar-refractivity contribution in [2.45, 2.75) is 19.8 Å². The van der Waals surface area contributed by atoms with Crippen molar-refractivity contribution >= 4 is 18.3 Å². The minimum absolute atomic E-state index is 1.01. The van der Waals surface area contributed by atoms with E-state index in [0.29, 0.717) is 0 Å². The Balaban J connectivity index is 2.78. The molecule has 0 fully saturated rings. The molecule has 0 saturated carbocycles. The van der Waals surface area contributed by atoms with Crippen LogP contribution in [0.5, 0.6) is 0 Å². The Hall–Kier alpha value is -0.0200. The zero-order valence-electron chi connectivity index (χ0n) is 4.42. The summed E-state index contributed by atoms with van der Waals surface area (Å²) in [7, 11) is 0. The van der Waals surface area contributed by atoms with Crippen molar-refractivity contribution in [2.75, 3.05) is 0 Å². The maximum atomic E-state index is 4.99. The van der Waals surface area contributed by atoms with Crippen LogP contribution in [-0.4, -0.2) is 6.21 Å². The lowest BCUT2D eigenvalue weighted by Gasteiger charge is -1.78. The Morgan fingerprint density at radius 1 is 1.86 bits per heavy atom. The zero-order chi connectivity index (χ0) is 5.54. The molecular formula is C4H10N2S. The van der Waals surface area contributed by atoms with Crippen LogP contribution in [0.3, 0.4) is 0 Å². The normalized spacial score (nSPS) is 10.6. The summed E-state index contributed by atoms with van der Waals surface area (Å²) in [5, 5.41) is 4.99. The van der Waals surface area contributed by atoms with Crippen molar-refractivity contribution < 1.29 is 0 Å². The first-order valence-corrected chi connectivity index (χ1v) is 3.13. The summed E-state index contributed by atoms with van der Waals surface area (Å²) >= 11 is 1.01. The minimum atomic E-state index is 1.01. The second-order valence-electron chi connectivity index (χ2n) is 1.18. The molecule has 42 valence electrons. The highest BCUT2D eigenvalue weighted by Crippen LogP contribution is 1.87. The summed E-state index contributed by atoms with van der Waals surface area (Å²) in [6.45, 7) is 2.10. The molecule has 0 aliphatic heterocycles. The van der Waals surface area contributed by atoms with E-state index in [4.69, 9.17) is 5.14 Å². The average Bonchev–Trinajstić information content (AvgIpc) is 1.69. The van der Waals surface area contributed by atoms with Crippen LogP contribution in [0.4, 0.5) is 0 Å². The summed E-state index contributed by atoms with van der Waals surface area (Å²) in [6.07, 6.45) is 4.00. The van der Waals surface area contributed by atoms with E-state index >= 15 is 0 Å². The fraction of sp³-hybridized carbons (Fsp3) is 0.750. The van der Waals surface area contributed by atoms with Crippen molar-refractivity contribution in [3.63, 3.8) is 0 Å². The molecule has 0 atom stereocenters. The summed E-state index contributed by atoms with van der Waals surface area (Å²) in [4.78, 5) is 0. The van der Waals surface area contributed by atoms with Crippen LogP contribution < -0.4 is 5.14 Å². The molecule has 0 amide bonds. The summed E-state index contributed by atoms with van der Waals surface area (Å²) in [6, 6.07) is 0. The molecule has 0 aliphatic rings. The molecule has 0 rings (SSSR count). The molecule has 0 radical (unpaired) electrons. The zero-order valence-corrected chi connectivity index (χ0v) is 5.24. The van der Waals surface area contributed by atoms with E-state index in [1.54, 1.807) is 0 Å². The molecule has 0 spiro atoms. The van der Waals surface area contributed by atoms with E-state index in [0.717, 1.165) is 25.0 Å². The molecule has 2 N–H and O–H groups in total. The molecule has 0 aromatic carbocycles. The first-order chi connectivity index (χ1) is 3.41. The molecule has 0 aliphatic carbocycles. The lowest BCUT2D eigenvalue weighted by molar-refractivity contribution is 1.01. The largest absolute Gasteiger partial charge is 0.258 e. The van der Waals surface area contributed by atoms with Gasteiger partial charge in [0.2, 0.25) is 0 Å². The van der Waals surface area contributed by atoms with Gasteiger partial charge >= 0.3 is 0 Å². The summed E-state index contributed by atoms with van der Waals surface area (Å²) in [5.41, 5.74) is 0. The Morgan fingerprint density at radius 2 is 2.57 bits per heavy atom. The number of hydrogen-bond acceptors (Lipinski definition) is 3. The molecule has 7 heavy (non-hydrogen) atoms. The van der Waals surface area contributed by atoms with E-state index < -0.39 is 0 Å². The molecule has 0 unspecified atom stereocenters. The molecule has 0 saturated heterocycles. The Labute approximate surface area is 48.5 Å². The first-order valence-electron chi connectivity index (χ1n) is 2.29. The van der Waals surface area contributed by atoms with Gasteiger partial charge in [-0.2, -0.15) is 0 Å². The number of rotatable bonds is 3. The lowest BCUT2D eigenvalue weighted by atomic mass is 10.4. The predicted molar refractivity (Wildman–Crippen MR) is 35.2 cm³/mol. The van der Waals surface area contributed by atoms with E-state index in [-0.39, 0.29) is 0 Å². The summed E-state index contributed by atoms with van der Waals surface area (Å²) in [5.74, 6) is 0. The average molecular weight is 118 g/mol. The number of nitrogens with zero attached hydrogens (tertiary/aromatic N) is 1. The van der Waals surface area contributed by atoms with Crippen molar-refractivity contribution in [1.82, 2.24) is 0 Å². The molecule has 0 bridgehead atoms. The molecular weight excluding hydrogens is 108 g/mol. The quantitative estimate of drug-likeness (QED) is 0.449. The van der Waals surface area contributed by atoms with Crippen LogP contribution in [0.15, 0.2) is 4.40 Å². The first kappa shape index (κ1) is 6.98. The number of unbranched alkanes of at least 4 members (excludes halogenated alkanes) is 1. The fourth-order valence-corrected chi connectivity index (χ4v) is 0.416. The second kappa shape index (κ2) is 5.98. The third-order valence-corrected chi connectivity index (χ3v) is 0.824. The highest BCUT2D eigenvalue weighted by Gasteiger charge is 1.69. The lowest BCUT2D eigenvalue weighted by Crippen LogP contribution is -1.73. The van der Waals surface area contributed by atoms with Gasteiger partial charge in [-0.05, 0) is 6.42 Å². The van der Waals surface area contributed by atoms with Crippen LogP contribution in [0.2, 0.25) is 0 Å². The predicted octanol–water partition coefficient (Wildman–Crippen LogP) is 1.38. The second-order valence-corrected chi connectivity index (χ2v) is 1.60. The van der Waals surface area contributed by atoms with Crippen LogP contribution in [0, 0.1) is 0 Å². The van der Waals surface area contributed by atoms with Crippen LogP contribution in [-0.2, 0) is 0 Å². The van der Waals surface area contributed by atoms with Gasteiger partial charge in [0.05, 0.1) is 12.1 Å². The van der Waals surface area contributed by atoms with Gasteiger partial charge < -0.3 is 0 Å². The number of nitrogens with two attached hydrogens (primary N) is 1. The minimum Gasteiger partial charge on any atom is -0.258 e. The highest BCUT2D eigenvalue weighted by atomic mass is 32.2. The van der Waals surface area contributed by atoms with Gasteiger partial charge in [-0.1, -0.05) is 13.3 Å². The van der Waals surface area contributed by atoms with E-state index in [1.807, 2.05) is 6.21 Å². The van der Waals surface area contributed by atoms with Gasteiger partial charge in [0.15, 0.2) is 0 Å². The fourth-order valence-electron chi connectivity index (χ4n) is 0.225. The Morgan fingerprint density at radius 3 is 3.00 bits per heavy atom. The van der Waals surface area contributed by atoms with E-state index in [9.17, 15) is 0 Å². The van der Waals surface area contributed by atoms with Crippen LogP contribution in [0.1, 0.15) is 19.8 Å². The van der Waals surface area contributed by atoms with Crippen molar-refractivity contribution in [2.24, 2.45) is 9.54 Å².